The number of ether oxygens (including phenoxy) is 3. The number of rotatable bonds is 7. The molecule has 0 bridgehead atoms. The van der Waals surface area contributed by atoms with E-state index in [4.69, 9.17) is 14.2 Å². The zero-order valence-electron chi connectivity index (χ0n) is 12.7. The molecule has 1 aliphatic heterocycles. The number of carbonyl (C=O) groups is 1. The van der Waals surface area contributed by atoms with E-state index < -0.39 is 0 Å². The van der Waals surface area contributed by atoms with Gasteiger partial charge in [0.25, 0.3) is 5.91 Å². The van der Waals surface area contributed by atoms with Crippen molar-refractivity contribution in [3.05, 3.63) is 24.3 Å². The molecule has 0 spiro atoms. The van der Waals surface area contributed by atoms with E-state index in [0.29, 0.717) is 12.3 Å². The lowest BCUT2D eigenvalue weighted by molar-refractivity contribution is -0.123. The summed E-state index contributed by atoms with van der Waals surface area (Å²) in [6.45, 7) is 4.90. The van der Waals surface area contributed by atoms with Crippen LogP contribution in [0.25, 0.3) is 0 Å². The van der Waals surface area contributed by atoms with Gasteiger partial charge < -0.3 is 31.9 Å². The van der Waals surface area contributed by atoms with Crippen LogP contribution in [0.1, 0.15) is 0 Å². The number of nitrogens with zero attached hydrogens (tertiary/aromatic N) is 1. The van der Waals surface area contributed by atoms with E-state index in [9.17, 15) is 4.79 Å². The second kappa shape index (κ2) is 10.3. The normalized spacial score (nSPS) is 14.8. The van der Waals surface area contributed by atoms with Crippen molar-refractivity contribution in [2.24, 2.45) is 0 Å². The lowest BCUT2D eigenvalue weighted by Gasteiger charge is -2.26. The maximum atomic E-state index is 11.7. The number of benzene rings is 1. The molecule has 0 radical (unpaired) electrons. The number of nitrogens with one attached hydrogen (secondary N) is 1. The van der Waals surface area contributed by atoms with Crippen LogP contribution in [-0.4, -0.2) is 63.9 Å². The van der Waals surface area contributed by atoms with Gasteiger partial charge in [-0.05, 0) is 24.3 Å². The number of hydrogen-bond donors (Lipinski definition) is 1. The molecule has 124 valence electrons. The van der Waals surface area contributed by atoms with Crippen molar-refractivity contribution in [3.8, 4) is 11.5 Å². The standard InChI is InChI=1S/C15H22N2O4.ClH/c1-19-13-2-4-14(5-3-13)21-12-15(18)16-6-7-17-8-10-20-11-9-17;/h2-5H,6-12H2,1H3,(H,16,18);1H/p-1. The Morgan fingerprint density at radius 2 is 1.86 bits per heavy atom. The Morgan fingerprint density at radius 1 is 1.23 bits per heavy atom. The highest BCUT2D eigenvalue weighted by Crippen LogP contribution is 2.16. The van der Waals surface area contributed by atoms with Crippen molar-refractivity contribution in [2.75, 3.05) is 53.1 Å². The Labute approximate surface area is 137 Å². The van der Waals surface area contributed by atoms with E-state index in [1.165, 1.54) is 0 Å². The summed E-state index contributed by atoms with van der Waals surface area (Å²) in [5.41, 5.74) is 0. The van der Waals surface area contributed by atoms with Crippen LogP contribution < -0.4 is 27.2 Å². The maximum Gasteiger partial charge on any atom is 0.257 e. The predicted molar refractivity (Wildman–Crippen MR) is 78.8 cm³/mol. The van der Waals surface area contributed by atoms with Gasteiger partial charge in [0.15, 0.2) is 6.61 Å². The summed E-state index contributed by atoms with van der Waals surface area (Å²) < 4.78 is 15.7. The first kappa shape index (κ1) is 18.5. The molecule has 1 heterocycles. The van der Waals surface area contributed by atoms with Crippen LogP contribution in [0.5, 0.6) is 11.5 Å². The molecule has 6 nitrogen and oxygen atoms in total. The van der Waals surface area contributed by atoms with Crippen molar-refractivity contribution >= 4 is 5.91 Å². The van der Waals surface area contributed by atoms with Crippen molar-refractivity contribution < 1.29 is 31.4 Å². The minimum Gasteiger partial charge on any atom is -1.00 e. The molecule has 1 N–H and O–H groups in total. The van der Waals surface area contributed by atoms with Crippen molar-refractivity contribution in [1.29, 1.82) is 0 Å². The molecule has 1 fully saturated rings. The van der Waals surface area contributed by atoms with Crippen LogP contribution in [0.15, 0.2) is 24.3 Å². The maximum absolute atomic E-state index is 11.7. The molecule has 1 aliphatic rings. The van der Waals surface area contributed by atoms with Gasteiger partial charge in [0.1, 0.15) is 11.5 Å². The third-order valence-electron chi connectivity index (χ3n) is 3.28. The van der Waals surface area contributed by atoms with E-state index in [1.807, 2.05) is 0 Å². The van der Waals surface area contributed by atoms with Gasteiger partial charge in [-0.1, -0.05) is 0 Å². The minimum atomic E-state index is -0.112. The Kier molecular flexibility index (Phi) is 8.65. The largest absolute Gasteiger partial charge is 1.00 e. The van der Waals surface area contributed by atoms with Crippen LogP contribution >= 0.6 is 0 Å². The van der Waals surface area contributed by atoms with Crippen LogP contribution in [0, 0.1) is 0 Å². The molecular weight excluding hydrogens is 308 g/mol. The van der Waals surface area contributed by atoms with Gasteiger partial charge in [-0.25, -0.2) is 0 Å². The topological polar surface area (TPSA) is 60.0 Å². The summed E-state index contributed by atoms with van der Waals surface area (Å²) in [5, 5.41) is 2.85. The van der Waals surface area contributed by atoms with E-state index in [-0.39, 0.29) is 24.9 Å². The van der Waals surface area contributed by atoms with Gasteiger partial charge in [-0.3, -0.25) is 9.69 Å². The van der Waals surface area contributed by atoms with Crippen LogP contribution in [0.2, 0.25) is 0 Å². The minimum absolute atomic E-state index is 0. The fourth-order valence-corrected chi connectivity index (χ4v) is 2.05. The summed E-state index contributed by atoms with van der Waals surface area (Å²) in [7, 11) is 1.61. The molecule has 0 aliphatic carbocycles. The van der Waals surface area contributed by atoms with Crippen LogP contribution in [0.4, 0.5) is 0 Å². The molecule has 0 unspecified atom stereocenters. The molecule has 1 aromatic rings. The highest BCUT2D eigenvalue weighted by Gasteiger charge is 2.10. The SMILES string of the molecule is COc1ccc(OCC(=O)NCCN2CCOCC2)cc1.[Cl-]. The van der Waals surface area contributed by atoms with Crippen LogP contribution in [-0.2, 0) is 9.53 Å². The molecule has 1 aromatic carbocycles. The first-order valence-corrected chi connectivity index (χ1v) is 7.11. The van der Waals surface area contributed by atoms with Crippen molar-refractivity contribution in [2.45, 2.75) is 0 Å². The van der Waals surface area contributed by atoms with E-state index in [2.05, 4.69) is 10.2 Å². The second-order valence-electron chi connectivity index (χ2n) is 4.77. The van der Waals surface area contributed by atoms with Gasteiger partial charge in [-0.2, -0.15) is 0 Å². The molecule has 0 saturated carbocycles. The zero-order chi connectivity index (χ0) is 14.9. The fourth-order valence-electron chi connectivity index (χ4n) is 2.05. The Bertz CT molecular complexity index is 436. The van der Waals surface area contributed by atoms with Gasteiger partial charge in [0.2, 0.25) is 0 Å². The molecule has 7 heteroatoms. The number of amides is 1. The van der Waals surface area contributed by atoms with Gasteiger partial charge in [0, 0.05) is 26.2 Å². The lowest BCUT2D eigenvalue weighted by atomic mass is 10.3. The smallest absolute Gasteiger partial charge is 0.257 e. The van der Waals surface area contributed by atoms with Crippen molar-refractivity contribution in [1.82, 2.24) is 10.2 Å². The molecular formula is C15H22ClN2O4-. The predicted octanol–water partition coefficient (Wildman–Crippen LogP) is -2.47. The summed E-state index contributed by atoms with van der Waals surface area (Å²) in [5.74, 6) is 1.30. The zero-order valence-corrected chi connectivity index (χ0v) is 13.5. The molecule has 1 amide bonds. The quantitative estimate of drug-likeness (QED) is 0.601. The van der Waals surface area contributed by atoms with Gasteiger partial charge in [0.05, 0.1) is 20.3 Å². The number of morpholine rings is 1. The van der Waals surface area contributed by atoms with E-state index >= 15 is 0 Å². The molecule has 0 atom stereocenters. The highest BCUT2D eigenvalue weighted by atomic mass is 35.5. The van der Waals surface area contributed by atoms with Gasteiger partial charge >= 0.3 is 0 Å². The Balaban J connectivity index is 0.00000242. The number of carbonyl (C=O) groups excluding carboxylic acids is 1. The van der Waals surface area contributed by atoms with Crippen LogP contribution in [0.3, 0.4) is 0 Å². The number of halogens is 1. The Hall–Kier alpha value is -1.50. The lowest BCUT2D eigenvalue weighted by Crippen LogP contribution is -3.00. The average Bonchev–Trinajstić information content (AvgIpc) is 2.54. The third kappa shape index (κ3) is 6.51. The average molecular weight is 330 g/mol. The third-order valence-corrected chi connectivity index (χ3v) is 3.28. The van der Waals surface area contributed by atoms with Gasteiger partial charge in [-0.15, -0.1) is 0 Å². The first-order valence-electron chi connectivity index (χ1n) is 7.11. The summed E-state index contributed by atoms with van der Waals surface area (Å²) in [6.07, 6.45) is 0. The second-order valence-corrected chi connectivity index (χ2v) is 4.77. The van der Waals surface area contributed by atoms with Crippen molar-refractivity contribution in [3.63, 3.8) is 0 Å². The molecule has 1 saturated heterocycles. The summed E-state index contributed by atoms with van der Waals surface area (Å²) in [4.78, 5) is 13.9. The Morgan fingerprint density at radius 3 is 2.50 bits per heavy atom. The molecule has 2 rings (SSSR count). The number of methoxy groups -OCH3 is 1. The number of hydrogen-bond acceptors (Lipinski definition) is 5. The fraction of sp³-hybridized carbons (Fsp3) is 0.533. The van der Waals surface area contributed by atoms with E-state index in [1.54, 1.807) is 31.4 Å². The summed E-state index contributed by atoms with van der Waals surface area (Å²) >= 11 is 0. The molecule has 22 heavy (non-hydrogen) atoms. The molecule has 0 aromatic heterocycles. The van der Waals surface area contributed by atoms with E-state index in [0.717, 1.165) is 38.6 Å². The summed E-state index contributed by atoms with van der Waals surface area (Å²) in [6, 6.07) is 7.15. The highest BCUT2D eigenvalue weighted by molar-refractivity contribution is 5.77. The monoisotopic (exact) mass is 329 g/mol. The first-order chi connectivity index (χ1) is 10.3.